The van der Waals surface area contributed by atoms with Gasteiger partial charge in [0.2, 0.25) is 5.82 Å². The predicted octanol–water partition coefficient (Wildman–Crippen LogP) is 6.16. The molecule has 8 nitrogen and oxygen atoms in total. The lowest BCUT2D eigenvalue weighted by Gasteiger charge is -2.33. The number of piperidine rings is 1. The molecule has 3 heterocycles. The Bertz CT molecular complexity index is 1310. The lowest BCUT2D eigenvalue weighted by atomic mass is 10.1. The van der Waals surface area contributed by atoms with Gasteiger partial charge < -0.3 is 24.0 Å². The van der Waals surface area contributed by atoms with Crippen LogP contribution in [0.5, 0.6) is 0 Å². The van der Waals surface area contributed by atoms with E-state index in [0.717, 1.165) is 62.2 Å². The zero-order chi connectivity index (χ0) is 29.7. The summed E-state index contributed by atoms with van der Waals surface area (Å²) in [5.41, 5.74) is 5.19. The maximum absolute atomic E-state index is 11.1. The number of ether oxygens (including phenoxy) is 1. The molecule has 2 aliphatic rings. The zero-order valence-electron chi connectivity index (χ0n) is 25.2. The third-order valence-electron chi connectivity index (χ3n) is 7.37. The van der Waals surface area contributed by atoms with E-state index in [0.29, 0.717) is 23.8 Å². The Balaban J connectivity index is 0.00000198. The van der Waals surface area contributed by atoms with Crippen LogP contribution >= 0.6 is 11.8 Å². The number of benzene rings is 2. The number of thioether (sulfide) groups is 1. The van der Waals surface area contributed by atoms with Crippen LogP contribution in [0, 0.1) is 0 Å². The third kappa shape index (κ3) is 8.49. The Morgan fingerprint density at radius 1 is 1.02 bits per heavy atom. The quantitative estimate of drug-likeness (QED) is 0.157. The van der Waals surface area contributed by atoms with Gasteiger partial charge >= 0.3 is 0 Å². The number of carbonyl (C=O) groups is 1. The van der Waals surface area contributed by atoms with Crippen molar-refractivity contribution in [3.8, 4) is 11.5 Å². The van der Waals surface area contributed by atoms with E-state index in [2.05, 4.69) is 67.5 Å². The average molecular weight is 590 g/mol. The minimum Gasteiger partial charge on any atom is -0.378 e. The van der Waals surface area contributed by atoms with Gasteiger partial charge in [-0.3, -0.25) is 4.79 Å². The molecule has 0 amide bonds. The van der Waals surface area contributed by atoms with Gasteiger partial charge in [0.05, 0.1) is 13.2 Å². The van der Waals surface area contributed by atoms with Gasteiger partial charge in [-0.1, -0.05) is 31.1 Å². The van der Waals surface area contributed by atoms with Crippen LogP contribution < -0.4 is 9.80 Å². The molecule has 0 unspecified atom stereocenters. The summed E-state index contributed by atoms with van der Waals surface area (Å²) in [4.78, 5) is 22.6. The number of anilines is 2. The molecule has 0 radical (unpaired) electrons. The molecule has 0 spiro atoms. The Labute approximate surface area is 254 Å². The fourth-order valence-electron chi connectivity index (χ4n) is 5.18. The van der Waals surface area contributed by atoms with Crippen LogP contribution in [0.25, 0.3) is 17.0 Å². The van der Waals surface area contributed by atoms with E-state index in [1.807, 2.05) is 51.0 Å². The number of rotatable bonds is 10. The summed E-state index contributed by atoms with van der Waals surface area (Å²) in [5, 5.41) is 4.99. The number of aromatic nitrogens is 2. The molecule has 2 aliphatic heterocycles. The second-order valence-electron chi connectivity index (χ2n) is 10.2. The second-order valence-corrected chi connectivity index (χ2v) is 11.3. The molecule has 0 bridgehead atoms. The van der Waals surface area contributed by atoms with Crippen molar-refractivity contribution >= 4 is 35.0 Å². The van der Waals surface area contributed by atoms with Gasteiger partial charge in [0.25, 0.3) is 5.89 Å². The highest BCUT2D eigenvalue weighted by atomic mass is 32.2. The lowest BCUT2D eigenvalue weighted by Crippen LogP contribution is -2.36. The fourth-order valence-corrected chi connectivity index (χ4v) is 5.87. The van der Waals surface area contributed by atoms with Crippen molar-refractivity contribution in [3.63, 3.8) is 0 Å². The van der Waals surface area contributed by atoms with Crippen molar-refractivity contribution in [2.75, 3.05) is 62.5 Å². The average Bonchev–Trinajstić information content (AvgIpc) is 3.55. The van der Waals surface area contributed by atoms with E-state index in [1.165, 1.54) is 30.2 Å². The highest BCUT2D eigenvalue weighted by Gasteiger charge is 2.19. The minimum absolute atomic E-state index is 0.433. The van der Waals surface area contributed by atoms with E-state index in [1.54, 1.807) is 6.08 Å². The number of allylic oxidation sites excluding steroid dienone is 3. The first-order valence-corrected chi connectivity index (χ1v) is 16.1. The number of aldehydes is 1. The van der Waals surface area contributed by atoms with Crippen LogP contribution in [0.3, 0.4) is 0 Å². The maximum atomic E-state index is 11.1. The smallest absolute Gasteiger partial charge is 0.258 e. The first-order chi connectivity index (χ1) is 20.6. The number of hydrogen-bond acceptors (Lipinski definition) is 9. The highest BCUT2D eigenvalue weighted by molar-refractivity contribution is 7.99. The molecule has 9 heteroatoms. The van der Waals surface area contributed by atoms with E-state index < -0.39 is 0 Å². The summed E-state index contributed by atoms with van der Waals surface area (Å²) < 4.78 is 11.1. The van der Waals surface area contributed by atoms with Gasteiger partial charge in [0.1, 0.15) is 6.29 Å². The van der Waals surface area contributed by atoms with Crippen LogP contribution in [0.15, 0.2) is 71.4 Å². The number of morpholine rings is 1. The molecule has 2 aromatic carbocycles. The van der Waals surface area contributed by atoms with Gasteiger partial charge in [-0.05, 0) is 73.2 Å². The Kier molecular flexibility index (Phi) is 12.1. The van der Waals surface area contributed by atoms with Gasteiger partial charge in [0.15, 0.2) is 0 Å². The molecule has 0 N–H and O–H groups in total. The first-order valence-electron chi connectivity index (χ1n) is 14.8. The lowest BCUT2D eigenvalue weighted by molar-refractivity contribution is -0.104. The number of carbonyl (C=O) groups excluding carboxylic acids is 1. The molecule has 0 saturated carbocycles. The molecule has 0 aliphatic carbocycles. The first kappa shape index (κ1) is 31.4. The molecule has 5 rings (SSSR count). The summed E-state index contributed by atoms with van der Waals surface area (Å²) >= 11 is 1.98. The van der Waals surface area contributed by atoms with Crippen LogP contribution in [-0.4, -0.2) is 79.3 Å². The maximum Gasteiger partial charge on any atom is 0.258 e. The van der Waals surface area contributed by atoms with Crippen molar-refractivity contribution in [3.05, 3.63) is 78.3 Å². The number of nitrogens with zero attached hydrogens (tertiary/aromatic N) is 5. The highest BCUT2D eigenvalue weighted by Crippen LogP contribution is 2.27. The van der Waals surface area contributed by atoms with Crippen molar-refractivity contribution < 1.29 is 14.1 Å². The molecule has 2 fully saturated rings. The summed E-state index contributed by atoms with van der Waals surface area (Å²) in [6, 6.07) is 16.9. The third-order valence-corrected chi connectivity index (χ3v) is 8.51. The SMILES string of the molecule is CC.CSC1CCN(c2cccc(CN(C)/C=C(\C=C/C=O)c3noc(-c4ccc(N5CCOCC5)cc4)n3)c2)CC1. The van der Waals surface area contributed by atoms with Gasteiger partial charge in [-0.15, -0.1) is 0 Å². The summed E-state index contributed by atoms with van der Waals surface area (Å²) in [6.45, 7) is 10.2. The summed E-state index contributed by atoms with van der Waals surface area (Å²) in [6.07, 6.45) is 10.5. The zero-order valence-corrected chi connectivity index (χ0v) is 26.1. The summed E-state index contributed by atoms with van der Waals surface area (Å²) in [7, 11) is 2.01. The molecule has 2 saturated heterocycles. The minimum atomic E-state index is 0.433. The number of hydrogen-bond donors (Lipinski definition) is 0. The monoisotopic (exact) mass is 589 g/mol. The van der Waals surface area contributed by atoms with Crippen molar-refractivity contribution in [2.45, 2.75) is 38.5 Å². The molecule has 0 atom stereocenters. The molecular formula is C33H43N5O3S. The van der Waals surface area contributed by atoms with Crippen LogP contribution in [0.4, 0.5) is 11.4 Å². The van der Waals surface area contributed by atoms with Crippen LogP contribution in [0.2, 0.25) is 0 Å². The van der Waals surface area contributed by atoms with Crippen molar-refractivity contribution in [2.24, 2.45) is 0 Å². The predicted molar refractivity (Wildman–Crippen MR) is 174 cm³/mol. The normalized spacial score (nSPS) is 16.3. The largest absolute Gasteiger partial charge is 0.378 e. The summed E-state index contributed by atoms with van der Waals surface area (Å²) in [5.74, 6) is 0.872. The van der Waals surface area contributed by atoms with Crippen molar-refractivity contribution in [1.82, 2.24) is 15.0 Å². The Hall–Kier alpha value is -3.56. The second kappa shape index (κ2) is 16.2. The van der Waals surface area contributed by atoms with E-state index in [9.17, 15) is 4.79 Å². The topological polar surface area (TPSA) is 74.9 Å². The Morgan fingerprint density at radius 2 is 1.74 bits per heavy atom. The van der Waals surface area contributed by atoms with Gasteiger partial charge in [-0.2, -0.15) is 16.7 Å². The molecule has 42 heavy (non-hydrogen) atoms. The standard InChI is InChI=1S/C31H37N5O3S.C2H6/c1-34(22-24-5-3-7-28(21-24)35-14-12-29(40-2)13-15-35)23-26(6-4-18-37)30-32-31(39-33-30)25-8-10-27(11-9-25)36-16-19-38-20-17-36;1-2/h3-11,18,21,23,29H,12-17,19-20,22H2,1-2H3;1-2H3/b6-4-,26-23+;. The van der Waals surface area contributed by atoms with E-state index >= 15 is 0 Å². The van der Waals surface area contributed by atoms with E-state index in [4.69, 9.17) is 9.26 Å². The van der Waals surface area contributed by atoms with E-state index in [-0.39, 0.29) is 0 Å². The molecule has 3 aromatic rings. The van der Waals surface area contributed by atoms with Crippen molar-refractivity contribution in [1.29, 1.82) is 0 Å². The Morgan fingerprint density at radius 3 is 2.43 bits per heavy atom. The fraction of sp³-hybridized carbons (Fsp3) is 0.424. The molecular weight excluding hydrogens is 546 g/mol. The molecule has 224 valence electrons. The van der Waals surface area contributed by atoms with Crippen LogP contribution in [0.1, 0.15) is 38.1 Å². The molecule has 1 aromatic heterocycles. The van der Waals surface area contributed by atoms with Gasteiger partial charge in [0, 0.05) is 73.7 Å². The van der Waals surface area contributed by atoms with Gasteiger partial charge in [-0.25, -0.2) is 0 Å². The van der Waals surface area contributed by atoms with Crippen LogP contribution in [-0.2, 0) is 16.1 Å².